The van der Waals surface area contributed by atoms with E-state index in [9.17, 15) is 9.90 Å². The Morgan fingerprint density at radius 2 is 2.06 bits per heavy atom. The molecule has 1 heterocycles. The molecule has 0 amide bonds. The number of benzene rings is 1. The first-order valence-corrected chi connectivity index (χ1v) is 5.01. The standard InChI is InChI=1S/C11H11N3O3/c15-10(11(16)17)9-7-14(13-12-9)6-8-4-2-1-3-5-8/h1-5,7,10,15H,6H2,(H,16,17). The van der Waals surface area contributed by atoms with E-state index >= 15 is 0 Å². The van der Waals surface area contributed by atoms with Crippen molar-refractivity contribution in [2.45, 2.75) is 12.6 Å². The van der Waals surface area contributed by atoms with Gasteiger partial charge in [-0.1, -0.05) is 35.5 Å². The molecule has 0 saturated heterocycles. The van der Waals surface area contributed by atoms with Gasteiger partial charge < -0.3 is 10.2 Å². The number of aliphatic hydroxyl groups is 1. The van der Waals surface area contributed by atoms with Crippen molar-refractivity contribution in [2.75, 3.05) is 0 Å². The van der Waals surface area contributed by atoms with Crippen LogP contribution in [0.4, 0.5) is 0 Å². The smallest absolute Gasteiger partial charge is 0.339 e. The normalized spacial score (nSPS) is 12.3. The highest BCUT2D eigenvalue weighted by Gasteiger charge is 2.19. The Hall–Kier alpha value is -2.21. The largest absolute Gasteiger partial charge is 0.479 e. The number of hydrogen-bond acceptors (Lipinski definition) is 4. The lowest BCUT2D eigenvalue weighted by Gasteiger charge is -2.00. The summed E-state index contributed by atoms with van der Waals surface area (Å²) in [4.78, 5) is 10.5. The summed E-state index contributed by atoms with van der Waals surface area (Å²) < 4.78 is 1.48. The van der Waals surface area contributed by atoms with Crippen molar-refractivity contribution in [3.63, 3.8) is 0 Å². The average Bonchev–Trinajstić information content (AvgIpc) is 2.77. The molecule has 0 bridgehead atoms. The molecule has 0 aliphatic rings. The first kappa shape index (κ1) is 11.3. The molecule has 6 heteroatoms. The number of aliphatic hydroxyl groups excluding tert-OH is 1. The molecule has 0 spiro atoms. The van der Waals surface area contributed by atoms with Crippen molar-refractivity contribution in [1.82, 2.24) is 15.0 Å². The predicted octanol–water partition coefficient (Wildman–Crippen LogP) is 0.444. The molecule has 17 heavy (non-hydrogen) atoms. The highest BCUT2D eigenvalue weighted by Crippen LogP contribution is 2.09. The molecule has 1 atom stereocenters. The maximum atomic E-state index is 10.5. The van der Waals surface area contributed by atoms with Crippen LogP contribution in [0.1, 0.15) is 17.4 Å². The van der Waals surface area contributed by atoms with E-state index in [0.717, 1.165) is 5.56 Å². The molecule has 0 aliphatic carbocycles. The van der Waals surface area contributed by atoms with E-state index in [1.807, 2.05) is 30.3 Å². The zero-order valence-electron chi connectivity index (χ0n) is 8.89. The Kier molecular flexibility index (Phi) is 3.15. The molecule has 1 aromatic heterocycles. The summed E-state index contributed by atoms with van der Waals surface area (Å²) in [5, 5.41) is 25.2. The van der Waals surface area contributed by atoms with Crippen molar-refractivity contribution in [1.29, 1.82) is 0 Å². The van der Waals surface area contributed by atoms with Crippen LogP contribution < -0.4 is 0 Å². The Morgan fingerprint density at radius 1 is 1.35 bits per heavy atom. The second kappa shape index (κ2) is 4.75. The van der Waals surface area contributed by atoms with Gasteiger partial charge in [0.1, 0.15) is 5.69 Å². The zero-order valence-corrected chi connectivity index (χ0v) is 8.89. The zero-order chi connectivity index (χ0) is 12.3. The Balaban J connectivity index is 2.11. The van der Waals surface area contributed by atoms with Gasteiger partial charge >= 0.3 is 5.97 Å². The van der Waals surface area contributed by atoms with Gasteiger partial charge in [-0.3, -0.25) is 0 Å². The number of carboxylic acids is 1. The van der Waals surface area contributed by atoms with Gasteiger partial charge in [0.25, 0.3) is 0 Å². The summed E-state index contributed by atoms with van der Waals surface area (Å²) in [5.74, 6) is -1.34. The summed E-state index contributed by atoms with van der Waals surface area (Å²) in [7, 11) is 0. The molecule has 2 aromatic rings. The predicted molar refractivity (Wildman–Crippen MR) is 58.2 cm³/mol. The number of hydrogen-bond donors (Lipinski definition) is 2. The summed E-state index contributed by atoms with van der Waals surface area (Å²) in [6.45, 7) is 0.486. The minimum atomic E-state index is -1.63. The molecule has 2 rings (SSSR count). The minimum Gasteiger partial charge on any atom is -0.479 e. The fourth-order valence-electron chi connectivity index (χ4n) is 1.41. The number of nitrogens with zero attached hydrogens (tertiary/aromatic N) is 3. The van der Waals surface area contributed by atoms with Crippen molar-refractivity contribution in [2.24, 2.45) is 0 Å². The molecule has 0 saturated carbocycles. The molecule has 88 valence electrons. The average molecular weight is 233 g/mol. The summed E-state index contributed by atoms with van der Waals surface area (Å²) in [6, 6.07) is 9.56. The van der Waals surface area contributed by atoms with Crippen LogP contribution >= 0.6 is 0 Å². The topological polar surface area (TPSA) is 88.2 Å². The molecule has 1 aromatic carbocycles. The lowest BCUT2D eigenvalue weighted by Crippen LogP contribution is -2.10. The third kappa shape index (κ3) is 2.67. The third-order valence-electron chi connectivity index (χ3n) is 2.26. The van der Waals surface area contributed by atoms with Gasteiger partial charge in [0.05, 0.1) is 12.7 Å². The van der Waals surface area contributed by atoms with Gasteiger partial charge in [0.15, 0.2) is 6.10 Å². The van der Waals surface area contributed by atoms with E-state index in [1.165, 1.54) is 10.9 Å². The second-order valence-electron chi connectivity index (χ2n) is 3.57. The summed E-state index contributed by atoms with van der Waals surface area (Å²) >= 11 is 0. The molecular weight excluding hydrogens is 222 g/mol. The Bertz CT molecular complexity index is 510. The molecule has 1 unspecified atom stereocenters. The van der Waals surface area contributed by atoms with Gasteiger partial charge in [-0.05, 0) is 5.56 Å². The van der Waals surface area contributed by atoms with Gasteiger partial charge in [0.2, 0.25) is 0 Å². The van der Waals surface area contributed by atoms with Crippen LogP contribution in [0.25, 0.3) is 0 Å². The van der Waals surface area contributed by atoms with Crippen LogP contribution in [0.15, 0.2) is 36.5 Å². The van der Waals surface area contributed by atoms with E-state index in [1.54, 1.807) is 0 Å². The maximum absolute atomic E-state index is 10.5. The molecule has 2 N–H and O–H groups in total. The van der Waals surface area contributed by atoms with Gasteiger partial charge in [0, 0.05) is 0 Å². The lowest BCUT2D eigenvalue weighted by molar-refractivity contribution is -0.147. The van der Waals surface area contributed by atoms with Gasteiger partial charge in [-0.25, -0.2) is 9.48 Å². The summed E-state index contributed by atoms with van der Waals surface area (Å²) in [6.07, 6.45) is -0.203. The first-order chi connectivity index (χ1) is 8.16. The van der Waals surface area contributed by atoms with Crippen molar-refractivity contribution < 1.29 is 15.0 Å². The number of rotatable bonds is 4. The van der Waals surface area contributed by atoms with Gasteiger partial charge in [-0.2, -0.15) is 0 Å². The maximum Gasteiger partial charge on any atom is 0.339 e. The molecule has 0 aliphatic heterocycles. The van der Waals surface area contributed by atoms with E-state index in [4.69, 9.17) is 5.11 Å². The first-order valence-electron chi connectivity index (χ1n) is 5.01. The van der Waals surface area contributed by atoms with Gasteiger partial charge in [-0.15, -0.1) is 5.10 Å². The quantitative estimate of drug-likeness (QED) is 0.800. The lowest BCUT2D eigenvalue weighted by atomic mass is 10.2. The monoisotopic (exact) mass is 233 g/mol. The van der Waals surface area contributed by atoms with E-state index in [2.05, 4.69) is 10.3 Å². The molecule has 0 radical (unpaired) electrons. The third-order valence-corrected chi connectivity index (χ3v) is 2.26. The Morgan fingerprint density at radius 3 is 2.71 bits per heavy atom. The van der Waals surface area contributed by atoms with Crippen molar-refractivity contribution in [3.8, 4) is 0 Å². The molecule has 6 nitrogen and oxygen atoms in total. The van der Waals surface area contributed by atoms with Crippen LogP contribution in [-0.4, -0.2) is 31.2 Å². The number of carbonyl (C=O) groups is 1. The van der Waals surface area contributed by atoms with E-state index in [0.29, 0.717) is 6.54 Å². The van der Waals surface area contributed by atoms with Crippen LogP contribution in [0.3, 0.4) is 0 Å². The van der Waals surface area contributed by atoms with Crippen LogP contribution in [-0.2, 0) is 11.3 Å². The highest BCUT2D eigenvalue weighted by atomic mass is 16.4. The van der Waals surface area contributed by atoms with Crippen molar-refractivity contribution in [3.05, 3.63) is 47.8 Å². The van der Waals surface area contributed by atoms with Crippen molar-refractivity contribution >= 4 is 5.97 Å². The number of aromatic nitrogens is 3. The molecular formula is C11H11N3O3. The van der Waals surface area contributed by atoms with E-state index < -0.39 is 12.1 Å². The molecule has 0 fully saturated rings. The Labute approximate surface area is 97.1 Å². The van der Waals surface area contributed by atoms with Crippen LogP contribution in [0, 0.1) is 0 Å². The fraction of sp³-hybridized carbons (Fsp3) is 0.182. The number of aliphatic carboxylic acids is 1. The number of carboxylic acid groups (broad SMARTS) is 1. The summed E-state index contributed by atoms with van der Waals surface area (Å²) in [5.41, 5.74) is 1.06. The minimum absolute atomic E-state index is 0.0356. The van der Waals surface area contributed by atoms with E-state index in [-0.39, 0.29) is 5.69 Å². The SMILES string of the molecule is O=C(O)C(O)c1cn(Cc2ccccc2)nn1. The van der Waals surface area contributed by atoms with Crippen LogP contribution in [0.2, 0.25) is 0 Å². The second-order valence-corrected chi connectivity index (χ2v) is 3.57. The van der Waals surface area contributed by atoms with Crippen LogP contribution in [0.5, 0.6) is 0 Å². The highest BCUT2D eigenvalue weighted by molar-refractivity contribution is 5.73. The fourth-order valence-corrected chi connectivity index (χ4v) is 1.41.